The predicted octanol–water partition coefficient (Wildman–Crippen LogP) is 2.63. The minimum absolute atomic E-state index is 0.369. The highest BCUT2D eigenvalue weighted by Gasteiger charge is 2.34. The monoisotopic (exact) mass is 203 g/mol. The van der Waals surface area contributed by atoms with Crippen LogP contribution in [0.3, 0.4) is 0 Å². The van der Waals surface area contributed by atoms with Gasteiger partial charge in [-0.15, -0.1) is 0 Å². The summed E-state index contributed by atoms with van der Waals surface area (Å²) in [5.41, 5.74) is -1.70. The minimum Gasteiger partial charge on any atom is -0.340 e. The topological polar surface area (TPSA) is 20.3 Å². The second kappa shape index (κ2) is 5.32. The summed E-state index contributed by atoms with van der Waals surface area (Å²) >= 11 is 0. The number of hydrogen-bond acceptors (Lipinski definition) is 1. The molecule has 1 aliphatic rings. The fourth-order valence-corrected chi connectivity index (χ4v) is 1.50. The first-order chi connectivity index (χ1) is 6.41. The molecule has 0 saturated carbocycles. The lowest BCUT2D eigenvalue weighted by molar-refractivity contribution is -0.140. The van der Waals surface area contributed by atoms with Crippen LogP contribution in [-0.4, -0.2) is 29.6 Å². The van der Waals surface area contributed by atoms with Crippen molar-refractivity contribution in [2.24, 2.45) is 5.92 Å². The maximum Gasteiger partial charge on any atom is 0.259 e. The molecule has 0 aromatic carbocycles. The van der Waals surface area contributed by atoms with Crippen LogP contribution in [0.15, 0.2) is 0 Å². The van der Waals surface area contributed by atoms with E-state index in [-0.39, 0.29) is 5.91 Å². The molecule has 1 fully saturated rings. The molecule has 2 nitrogen and oxygen atoms in total. The summed E-state index contributed by atoms with van der Waals surface area (Å²) in [6, 6.07) is 0. The van der Waals surface area contributed by atoms with Crippen LogP contribution in [0.2, 0.25) is 0 Å². The minimum atomic E-state index is -1.70. The van der Waals surface area contributed by atoms with E-state index < -0.39 is 5.67 Å². The molecular weight excluding hydrogens is 181 g/mol. The molecule has 84 valence electrons. The third-order valence-corrected chi connectivity index (χ3v) is 2.22. The molecule has 1 atom stereocenters. The number of rotatable bonds is 1. The van der Waals surface area contributed by atoms with Gasteiger partial charge in [-0.25, -0.2) is 4.39 Å². The third-order valence-electron chi connectivity index (χ3n) is 2.22. The van der Waals surface area contributed by atoms with Crippen molar-refractivity contribution in [3.63, 3.8) is 0 Å². The average Bonchev–Trinajstić information content (AvgIpc) is 2.52. The number of carbonyl (C=O) groups is 1. The number of nitrogens with zero attached hydrogens (tertiary/aromatic N) is 1. The Morgan fingerprint density at radius 1 is 1.43 bits per heavy atom. The third kappa shape index (κ3) is 3.64. The lowest BCUT2D eigenvalue weighted by Gasteiger charge is -2.22. The zero-order valence-electron chi connectivity index (χ0n) is 9.93. The van der Waals surface area contributed by atoms with E-state index in [0.29, 0.717) is 19.0 Å². The van der Waals surface area contributed by atoms with Crippen LogP contribution in [0.1, 0.15) is 41.0 Å². The van der Waals surface area contributed by atoms with Gasteiger partial charge in [0.05, 0.1) is 0 Å². The molecule has 3 heteroatoms. The summed E-state index contributed by atoms with van der Waals surface area (Å²) in [6.07, 6.45) is 1.00. The quantitative estimate of drug-likeness (QED) is 0.641. The molecule has 0 radical (unpaired) electrons. The summed E-state index contributed by atoms with van der Waals surface area (Å²) < 4.78 is 13.2. The van der Waals surface area contributed by atoms with Crippen molar-refractivity contribution < 1.29 is 9.18 Å². The van der Waals surface area contributed by atoms with Gasteiger partial charge in [-0.05, 0) is 26.2 Å². The standard InChI is InChI=1S/C9H16FNO.C2H6/c1-7-4-5-11(6-7)8(12)9(2,3)10;1-2/h7H,4-6H2,1-3H3;1-2H3. The average molecular weight is 203 g/mol. The van der Waals surface area contributed by atoms with E-state index in [4.69, 9.17) is 0 Å². The van der Waals surface area contributed by atoms with E-state index in [2.05, 4.69) is 6.92 Å². The van der Waals surface area contributed by atoms with Crippen LogP contribution in [0.25, 0.3) is 0 Å². The summed E-state index contributed by atoms with van der Waals surface area (Å²) in [5, 5.41) is 0. The van der Waals surface area contributed by atoms with Gasteiger partial charge in [0.1, 0.15) is 0 Å². The van der Waals surface area contributed by atoms with E-state index in [1.807, 2.05) is 13.8 Å². The molecule has 0 aromatic heterocycles. The smallest absolute Gasteiger partial charge is 0.259 e. The van der Waals surface area contributed by atoms with Crippen LogP contribution in [-0.2, 0) is 4.79 Å². The predicted molar refractivity (Wildman–Crippen MR) is 56.9 cm³/mol. The molecule has 14 heavy (non-hydrogen) atoms. The van der Waals surface area contributed by atoms with Crippen molar-refractivity contribution in [1.82, 2.24) is 4.90 Å². The van der Waals surface area contributed by atoms with Crippen LogP contribution in [0.5, 0.6) is 0 Å². The zero-order chi connectivity index (χ0) is 11.4. The molecule has 1 unspecified atom stereocenters. The van der Waals surface area contributed by atoms with Gasteiger partial charge in [0.2, 0.25) is 0 Å². The molecule has 1 rings (SSSR count). The van der Waals surface area contributed by atoms with Crippen molar-refractivity contribution in [1.29, 1.82) is 0 Å². The SMILES string of the molecule is CC.CC1CCN(C(=O)C(C)(C)F)C1. The number of halogens is 1. The van der Waals surface area contributed by atoms with Crippen LogP contribution >= 0.6 is 0 Å². The van der Waals surface area contributed by atoms with Gasteiger partial charge in [-0.2, -0.15) is 0 Å². The van der Waals surface area contributed by atoms with E-state index in [9.17, 15) is 9.18 Å². The molecule has 0 N–H and O–H groups in total. The fourth-order valence-electron chi connectivity index (χ4n) is 1.50. The highest BCUT2D eigenvalue weighted by molar-refractivity contribution is 5.84. The molecule has 0 spiro atoms. The highest BCUT2D eigenvalue weighted by Crippen LogP contribution is 2.20. The number of likely N-dealkylation sites (tertiary alicyclic amines) is 1. The molecule has 0 bridgehead atoms. The maximum atomic E-state index is 13.2. The first-order valence-corrected chi connectivity index (χ1v) is 5.39. The van der Waals surface area contributed by atoms with Gasteiger partial charge in [0.15, 0.2) is 5.67 Å². The fraction of sp³-hybridized carbons (Fsp3) is 0.909. The van der Waals surface area contributed by atoms with E-state index in [0.717, 1.165) is 6.42 Å². The molecule has 1 aliphatic heterocycles. The molecule has 1 heterocycles. The maximum absolute atomic E-state index is 13.2. The lowest BCUT2D eigenvalue weighted by atomic mass is 10.1. The highest BCUT2D eigenvalue weighted by atomic mass is 19.1. The first-order valence-electron chi connectivity index (χ1n) is 5.39. The summed E-state index contributed by atoms with van der Waals surface area (Å²) in [7, 11) is 0. The van der Waals surface area contributed by atoms with Crippen LogP contribution in [0.4, 0.5) is 4.39 Å². The Bertz CT molecular complexity index is 186. The Kier molecular flexibility index (Phi) is 5.09. The molecule has 0 aromatic rings. The number of carbonyl (C=O) groups excluding carboxylic acids is 1. The van der Waals surface area contributed by atoms with Crippen LogP contribution in [0, 0.1) is 5.92 Å². The van der Waals surface area contributed by atoms with Gasteiger partial charge in [-0.3, -0.25) is 4.79 Å². The van der Waals surface area contributed by atoms with E-state index in [1.54, 1.807) is 4.90 Å². The summed E-state index contributed by atoms with van der Waals surface area (Å²) in [5.74, 6) is 0.156. The summed E-state index contributed by atoms with van der Waals surface area (Å²) in [4.78, 5) is 13.0. The Balaban J connectivity index is 0.000000791. The van der Waals surface area contributed by atoms with E-state index >= 15 is 0 Å². The largest absolute Gasteiger partial charge is 0.340 e. The van der Waals surface area contributed by atoms with E-state index in [1.165, 1.54) is 13.8 Å². The second-order valence-corrected chi connectivity index (χ2v) is 4.12. The van der Waals surface area contributed by atoms with Gasteiger partial charge >= 0.3 is 0 Å². The Morgan fingerprint density at radius 2 is 1.93 bits per heavy atom. The zero-order valence-corrected chi connectivity index (χ0v) is 9.93. The van der Waals surface area contributed by atoms with Crippen molar-refractivity contribution in [3.05, 3.63) is 0 Å². The van der Waals surface area contributed by atoms with Gasteiger partial charge in [0.25, 0.3) is 5.91 Å². The van der Waals surface area contributed by atoms with Crippen molar-refractivity contribution in [2.75, 3.05) is 13.1 Å². The number of amides is 1. The Morgan fingerprint density at radius 3 is 2.21 bits per heavy atom. The van der Waals surface area contributed by atoms with Crippen molar-refractivity contribution in [2.45, 2.75) is 46.7 Å². The molecular formula is C11H22FNO. The number of alkyl halides is 1. The summed E-state index contributed by atoms with van der Waals surface area (Å²) in [6.45, 7) is 10.1. The van der Waals surface area contributed by atoms with Gasteiger partial charge in [-0.1, -0.05) is 20.8 Å². The van der Waals surface area contributed by atoms with Gasteiger partial charge < -0.3 is 4.90 Å². The Hall–Kier alpha value is -0.600. The van der Waals surface area contributed by atoms with Crippen LogP contribution < -0.4 is 0 Å². The second-order valence-electron chi connectivity index (χ2n) is 4.12. The molecule has 0 aliphatic carbocycles. The van der Waals surface area contributed by atoms with Crippen molar-refractivity contribution in [3.8, 4) is 0 Å². The van der Waals surface area contributed by atoms with Gasteiger partial charge in [0, 0.05) is 13.1 Å². The molecule has 1 saturated heterocycles. The first kappa shape index (κ1) is 13.4. The Labute approximate surface area is 86.5 Å². The molecule has 1 amide bonds. The lowest BCUT2D eigenvalue weighted by Crippen LogP contribution is -2.41. The van der Waals surface area contributed by atoms with Crippen molar-refractivity contribution >= 4 is 5.91 Å². The normalized spacial score (nSPS) is 21.6. The number of hydrogen-bond donors (Lipinski definition) is 0.